The molecule has 4 heteroatoms. The maximum absolute atomic E-state index is 12.9. The van der Waals surface area contributed by atoms with Crippen LogP contribution < -0.4 is 5.73 Å². The van der Waals surface area contributed by atoms with Gasteiger partial charge in [0, 0.05) is 11.1 Å². The van der Waals surface area contributed by atoms with Crippen LogP contribution in [0.1, 0.15) is 24.9 Å². The average Bonchev–Trinajstić information content (AvgIpc) is 2.25. The monoisotopic (exact) mass is 244 g/mol. The number of nitrogens with zero attached hydrogens (tertiary/aromatic N) is 1. The molecule has 0 saturated carbocycles. The van der Waals surface area contributed by atoms with Gasteiger partial charge in [-0.3, -0.25) is 4.90 Å². The van der Waals surface area contributed by atoms with E-state index in [1.807, 2.05) is 7.05 Å². The van der Waals surface area contributed by atoms with Crippen molar-refractivity contribution in [3.8, 4) is 0 Å². The Balaban J connectivity index is 2.75. The average molecular weight is 245 g/mol. The molecule has 0 heterocycles. The van der Waals surface area contributed by atoms with Crippen LogP contribution in [0.3, 0.4) is 0 Å². The Labute approximate surface area is 101 Å². The van der Waals surface area contributed by atoms with Crippen LogP contribution in [0.2, 0.25) is 5.02 Å². The van der Waals surface area contributed by atoms with Crippen LogP contribution in [0.15, 0.2) is 18.2 Å². The minimum atomic E-state index is -0.300. The fraction of sp³-hybridized carbons (Fsp3) is 0.500. The van der Waals surface area contributed by atoms with E-state index in [9.17, 15) is 4.39 Å². The molecular weight excluding hydrogens is 227 g/mol. The first-order valence-electron chi connectivity index (χ1n) is 5.41. The van der Waals surface area contributed by atoms with Gasteiger partial charge in [-0.15, -0.1) is 0 Å². The van der Waals surface area contributed by atoms with Gasteiger partial charge in [0.05, 0.1) is 0 Å². The molecule has 0 spiro atoms. The van der Waals surface area contributed by atoms with E-state index in [4.69, 9.17) is 17.3 Å². The third kappa shape index (κ3) is 3.44. The van der Waals surface area contributed by atoms with Crippen molar-refractivity contribution in [2.24, 2.45) is 5.73 Å². The van der Waals surface area contributed by atoms with Gasteiger partial charge in [-0.2, -0.15) is 0 Å². The molecule has 0 aliphatic carbocycles. The summed E-state index contributed by atoms with van der Waals surface area (Å²) in [6.07, 6.45) is 0.944. The number of hydrogen-bond acceptors (Lipinski definition) is 2. The number of benzene rings is 1. The maximum Gasteiger partial charge on any atom is 0.124 e. The number of hydrogen-bond donors (Lipinski definition) is 1. The van der Waals surface area contributed by atoms with E-state index in [-0.39, 0.29) is 11.9 Å². The molecule has 1 rings (SSSR count). The maximum atomic E-state index is 12.9. The molecule has 1 unspecified atom stereocenters. The van der Waals surface area contributed by atoms with E-state index in [1.54, 1.807) is 6.07 Å². The zero-order valence-electron chi connectivity index (χ0n) is 9.71. The van der Waals surface area contributed by atoms with Crippen molar-refractivity contribution in [1.29, 1.82) is 0 Å². The fourth-order valence-corrected chi connectivity index (χ4v) is 1.94. The summed E-state index contributed by atoms with van der Waals surface area (Å²) < 4.78 is 12.9. The van der Waals surface area contributed by atoms with Gasteiger partial charge in [0.15, 0.2) is 0 Å². The van der Waals surface area contributed by atoms with Gasteiger partial charge in [0.25, 0.3) is 0 Å². The molecule has 0 aliphatic rings. The van der Waals surface area contributed by atoms with Crippen LogP contribution in [0.4, 0.5) is 4.39 Å². The van der Waals surface area contributed by atoms with Gasteiger partial charge < -0.3 is 5.73 Å². The van der Waals surface area contributed by atoms with Crippen molar-refractivity contribution >= 4 is 11.6 Å². The zero-order chi connectivity index (χ0) is 12.1. The molecular formula is C12H18ClFN2. The molecule has 0 aliphatic heterocycles. The first kappa shape index (κ1) is 13.4. The second-order valence-corrected chi connectivity index (χ2v) is 4.37. The molecule has 2 N–H and O–H groups in total. The highest BCUT2D eigenvalue weighted by Crippen LogP contribution is 2.27. The lowest BCUT2D eigenvalue weighted by Gasteiger charge is -2.25. The van der Waals surface area contributed by atoms with Gasteiger partial charge in [-0.1, -0.05) is 17.7 Å². The number of nitrogens with two attached hydrogens (primary N) is 1. The Morgan fingerprint density at radius 2 is 2.19 bits per heavy atom. The lowest BCUT2D eigenvalue weighted by Crippen LogP contribution is -2.25. The lowest BCUT2D eigenvalue weighted by atomic mass is 10.1. The van der Waals surface area contributed by atoms with E-state index < -0.39 is 0 Å². The van der Waals surface area contributed by atoms with Gasteiger partial charge in [-0.25, -0.2) is 4.39 Å². The Hall–Kier alpha value is -0.640. The minimum absolute atomic E-state index is 0.166. The van der Waals surface area contributed by atoms with Crippen LogP contribution >= 0.6 is 11.6 Å². The number of halogens is 2. The quantitative estimate of drug-likeness (QED) is 0.863. The molecule has 0 bridgehead atoms. The summed E-state index contributed by atoms with van der Waals surface area (Å²) in [6, 6.07) is 4.69. The van der Waals surface area contributed by atoms with Crippen LogP contribution in [-0.2, 0) is 0 Å². The Morgan fingerprint density at radius 3 is 2.75 bits per heavy atom. The van der Waals surface area contributed by atoms with E-state index in [1.165, 1.54) is 12.1 Å². The van der Waals surface area contributed by atoms with Gasteiger partial charge in [0.2, 0.25) is 0 Å². The second kappa shape index (κ2) is 6.18. The van der Waals surface area contributed by atoms with E-state index >= 15 is 0 Å². The second-order valence-electron chi connectivity index (χ2n) is 3.96. The van der Waals surface area contributed by atoms with E-state index in [0.29, 0.717) is 11.6 Å². The standard InChI is InChI=1S/C12H18ClFN2/c1-9(16(2)7-3-6-15)11-5-4-10(14)8-12(11)13/h4-5,8-9H,3,6-7,15H2,1-2H3. The number of rotatable bonds is 5. The first-order chi connectivity index (χ1) is 7.56. The Morgan fingerprint density at radius 1 is 1.50 bits per heavy atom. The molecule has 0 saturated heterocycles. The van der Waals surface area contributed by atoms with Gasteiger partial charge in [0.1, 0.15) is 5.82 Å². The van der Waals surface area contributed by atoms with Crippen molar-refractivity contribution in [2.45, 2.75) is 19.4 Å². The Bertz CT molecular complexity index is 344. The van der Waals surface area contributed by atoms with E-state index in [2.05, 4.69) is 11.8 Å². The summed E-state index contributed by atoms with van der Waals surface area (Å²) in [4.78, 5) is 2.16. The summed E-state index contributed by atoms with van der Waals surface area (Å²) in [5.74, 6) is -0.300. The molecule has 1 aromatic carbocycles. The molecule has 0 amide bonds. The van der Waals surface area contributed by atoms with Crippen molar-refractivity contribution < 1.29 is 4.39 Å². The third-order valence-electron chi connectivity index (χ3n) is 2.79. The van der Waals surface area contributed by atoms with Crippen LogP contribution in [0.25, 0.3) is 0 Å². The summed E-state index contributed by atoms with van der Waals surface area (Å²) in [5, 5.41) is 0.479. The molecule has 2 nitrogen and oxygen atoms in total. The molecule has 1 atom stereocenters. The van der Waals surface area contributed by atoms with Crippen LogP contribution in [-0.4, -0.2) is 25.0 Å². The topological polar surface area (TPSA) is 29.3 Å². The smallest absolute Gasteiger partial charge is 0.124 e. The highest BCUT2D eigenvalue weighted by atomic mass is 35.5. The predicted octanol–water partition coefficient (Wildman–Crippen LogP) is 2.82. The van der Waals surface area contributed by atoms with Crippen molar-refractivity contribution in [1.82, 2.24) is 4.90 Å². The van der Waals surface area contributed by atoms with Gasteiger partial charge in [-0.05, 0) is 51.2 Å². The minimum Gasteiger partial charge on any atom is -0.330 e. The normalized spacial score (nSPS) is 13.1. The first-order valence-corrected chi connectivity index (χ1v) is 5.79. The molecule has 16 heavy (non-hydrogen) atoms. The van der Waals surface area contributed by atoms with Crippen LogP contribution in [0, 0.1) is 5.82 Å². The molecule has 1 aromatic rings. The van der Waals surface area contributed by atoms with Crippen molar-refractivity contribution in [3.05, 3.63) is 34.6 Å². The van der Waals surface area contributed by atoms with E-state index in [0.717, 1.165) is 18.5 Å². The summed E-state index contributed by atoms with van der Waals surface area (Å²) in [7, 11) is 2.01. The third-order valence-corrected chi connectivity index (χ3v) is 3.12. The fourth-order valence-electron chi connectivity index (χ4n) is 1.61. The van der Waals surface area contributed by atoms with Gasteiger partial charge >= 0.3 is 0 Å². The summed E-state index contributed by atoms with van der Waals surface area (Å²) in [5.41, 5.74) is 6.41. The SMILES string of the molecule is CC(c1ccc(F)cc1Cl)N(C)CCCN. The highest BCUT2D eigenvalue weighted by molar-refractivity contribution is 6.31. The van der Waals surface area contributed by atoms with Crippen molar-refractivity contribution in [2.75, 3.05) is 20.1 Å². The molecule has 0 fully saturated rings. The Kier molecular flexibility index (Phi) is 5.19. The largest absolute Gasteiger partial charge is 0.330 e. The van der Waals surface area contributed by atoms with Crippen LogP contribution in [0.5, 0.6) is 0 Å². The lowest BCUT2D eigenvalue weighted by molar-refractivity contribution is 0.260. The summed E-state index contributed by atoms with van der Waals surface area (Å²) in [6.45, 7) is 3.63. The zero-order valence-corrected chi connectivity index (χ0v) is 10.5. The molecule has 0 aromatic heterocycles. The predicted molar refractivity (Wildman–Crippen MR) is 66.1 cm³/mol. The highest BCUT2D eigenvalue weighted by Gasteiger charge is 2.14. The molecule has 90 valence electrons. The molecule has 0 radical (unpaired) electrons. The summed E-state index contributed by atoms with van der Waals surface area (Å²) >= 11 is 6.01. The van der Waals surface area contributed by atoms with Crippen molar-refractivity contribution in [3.63, 3.8) is 0 Å².